The number of esters is 1. The molecule has 0 bridgehead atoms. The van der Waals surface area contributed by atoms with E-state index in [4.69, 9.17) is 4.74 Å². The van der Waals surface area contributed by atoms with Crippen molar-refractivity contribution in [1.82, 2.24) is 9.66 Å². The van der Waals surface area contributed by atoms with Gasteiger partial charge in [-0.1, -0.05) is 0 Å². The van der Waals surface area contributed by atoms with E-state index in [9.17, 15) is 9.59 Å². The van der Waals surface area contributed by atoms with Crippen molar-refractivity contribution in [3.8, 4) is 0 Å². The lowest BCUT2D eigenvalue weighted by Crippen LogP contribution is -2.31. The molecule has 0 aromatic carbocycles. The summed E-state index contributed by atoms with van der Waals surface area (Å²) in [4.78, 5) is 27.6. The van der Waals surface area contributed by atoms with Gasteiger partial charge in [0.05, 0.1) is 6.61 Å². The second-order valence-corrected chi connectivity index (χ2v) is 3.52. The highest BCUT2D eigenvalue weighted by Crippen LogP contribution is 2.07. The first-order valence-corrected chi connectivity index (χ1v) is 5.18. The first kappa shape index (κ1) is 10.7. The Labute approximate surface area is 92.2 Å². The first-order chi connectivity index (χ1) is 7.65. The van der Waals surface area contributed by atoms with E-state index in [0.29, 0.717) is 24.4 Å². The van der Waals surface area contributed by atoms with E-state index in [1.165, 1.54) is 4.68 Å². The van der Waals surface area contributed by atoms with Crippen LogP contribution in [-0.4, -0.2) is 28.8 Å². The van der Waals surface area contributed by atoms with E-state index in [1.807, 2.05) is 0 Å². The van der Waals surface area contributed by atoms with Crippen molar-refractivity contribution in [2.45, 2.75) is 20.3 Å². The molecule has 16 heavy (non-hydrogen) atoms. The van der Waals surface area contributed by atoms with Crippen LogP contribution >= 0.6 is 0 Å². The minimum Gasteiger partial charge on any atom is -0.461 e. The molecule has 0 saturated heterocycles. The van der Waals surface area contributed by atoms with Crippen molar-refractivity contribution in [3.63, 3.8) is 0 Å². The van der Waals surface area contributed by atoms with Gasteiger partial charge in [-0.25, -0.2) is 14.5 Å². The van der Waals surface area contributed by atoms with E-state index in [0.717, 1.165) is 0 Å². The number of hydrogen-bond donors (Lipinski definition) is 1. The summed E-state index contributed by atoms with van der Waals surface area (Å²) >= 11 is 0. The summed E-state index contributed by atoms with van der Waals surface area (Å²) in [6.07, 6.45) is 0.641. The third-order valence-electron chi connectivity index (χ3n) is 2.47. The lowest BCUT2D eigenvalue weighted by molar-refractivity contribution is 0.0517. The van der Waals surface area contributed by atoms with Crippen LogP contribution < -0.4 is 11.0 Å². The van der Waals surface area contributed by atoms with Crippen LogP contribution in [0.15, 0.2) is 4.79 Å². The van der Waals surface area contributed by atoms with Crippen LogP contribution in [0.2, 0.25) is 0 Å². The van der Waals surface area contributed by atoms with Gasteiger partial charge in [-0.05, 0) is 13.8 Å². The van der Waals surface area contributed by atoms with Crippen molar-refractivity contribution >= 4 is 5.97 Å². The predicted molar refractivity (Wildman–Crippen MR) is 57.1 cm³/mol. The zero-order chi connectivity index (χ0) is 11.7. The molecule has 0 aliphatic carbocycles. The fourth-order valence-corrected chi connectivity index (χ4v) is 1.66. The molecule has 2 heterocycles. The second kappa shape index (κ2) is 3.96. The molecular weight excluding hydrogens is 210 g/mol. The molecule has 1 aliphatic heterocycles. The monoisotopic (exact) mass is 223 g/mol. The fraction of sp³-hybridized carbons (Fsp3) is 0.500. The fourth-order valence-electron chi connectivity index (χ4n) is 1.66. The molecule has 0 spiro atoms. The molecule has 1 aromatic rings. The van der Waals surface area contributed by atoms with Crippen molar-refractivity contribution in [1.29, 1.82) is 0 Å². The highest BCUT2D eigenvalue weighted by molar-refractivity contribution is 5.88. The molecule has 0 atom stereocenters. The Morgan fingerprint density at radius 3 is 3.06 bits per heavy atom. The van der Waals surface area contributed by atoms with Crippen molar-refractivity contribution in [2.24, 2.45) is 0 Å². The Morgan fingerprint density at radius 2 is 2.38 bits per heavy atom. The van der Waals surface area contributed by atoms with Crippen LogP contribution in [0, 0.1) is 6.92 Å². The topological polar surface area (TPSA) is 73.2 Å². The summed E-state index contributed by atoms with van der Waals surface area (Å²) in [6.45, 7) is 4.23. The van der Waals surface area contributed by atoms with E-state index in [1.54, 1.807) is 13.8 Å². The average molecular weight is 223 g/mol. The Hall–Kier alpha value is -1.85. The third-order valence-corrected chi connectivity index (χ3v) is 2.47. The number of ether oxygens (including phenoxy) is 1. The molecular formula is C10H13N3O3. The second-order valence-electron chi connectivity index (χ2n) is 3.52. The van der Waals surface area contributed by atoms with Crippen LogP contribution in [0.4, 0.5) is 0 Å². The molecule has 1 aromatic heterocycles. The van der Waals surface area contributed by atoms with Gasteiger partial charge >= 0.3 is 5.97 Å². The highest BCUT2D eigenvalue weighted by atomic mass is 16.5. The van der Waals surface area contributed by atoms with Gasteiger partial charge in [0.2, 0.25) is 0 Å². The van der Waals surface area contributed by atoms with Gasteiger partial charge in [-0.3, -0.25) is 4.79 Å². The minimum atomic E-state index is -0.535. The van der Waals surface area contributed by atoms with Gasteiger partial charge < -0.3 is 10.2 Å². The molecule has 0 unspecified atom stereocenters. The van der Waals surface area contributed by atoms with Crippen molar-refractivity contribution < 1.29 is 9.53 Å². The minimum absolute atomic E-state index is 0.127. The van der Waals surface area contributed by atoms with Crippen molar-refractivity contribution in [2.75, 3.05) is 18.6 Å². The number of carbonyl (C=O) groups excluding carboxylic acids is 1. The summed E-state index contributed by atoms with van der Waals surface area (Å²) in [5.41, 5.74) is 3.11. The molecule has 2 rings (SSSR count). The molecule has 86 valence electrons. The zero-order valence-electron chi connectivity index (χ0n) is 9.24. The maximum atomic E-state index is 11.8. The van der Waals surface area contributed by atoms with Crippen LogP contribution in [-0.2, 0) is 11.2 Å². The standard InChI is InChI=1S/C10H13N3O3/c1-3-16-10(15)8-6(2)9(14)13-7(12-8)4-5-11-13/h11H,3-5H2,1-2H3. The molecule has 0 amide bonds. The van der Waals surface area contributed by atoms with Crippen LogP contribution in [0.1, 0.15) is 28.8 Å². The number of nitrogens with one attached hydrogen (secondary N) is 1. The first-order valence-electron chi connectivity index (χ1n) is 5.18. The number of aromatic nitrogens is 2. The Morgan fingerprint density at radius 1 is 1.62 bits per heavy atom. The summed E-state index contributed by atoms with van der Waals surface area (Å²) in [5, 5.41) is 0. The van der Waals surface area contributed by atoms with Gasteiger partial charge in [-0.15, -0.1) is 0 Å². The zero-order valence-corrected chi connectivity index (χ0v) is 9.24. The molecule has 0 fully saturated rings. The van der Waals surface area contributed by atoms with E-state index < -0.39 is 5.97 Å². The number of hydrogen-bond acceptors (Lipinski definition) is 5. The normalized spacial score (nSPS) is 13.1. The average Bonchev–Trinajstić information content (AvgIpc) is 2.71. The molecule has 0 saturated carbocycles. The summed E-state index contributed by atoms with van der Waals surface area (Å²) in [6, 6.07) is 0. The Bertz CT molecular complexity index is 493. The maximum Gasteiger partial charge on any atom is 0.357 e. The van der Waals surface area contributed by atoms with E-state index >= 15 is 0 Å². The lowest BCUT2D eigenvalue weighted by atomic mass is 10.2. The van der Waals surface area contributed by atoms with Gasteiger partial charge in [0.15, 0.2) is 5.69 Å². The summed E-state index contributed by atoms with van der Waals surface area (Å²) in [5.74, 6) is 0.0473. The van der Waals surface area contributed by atoms with Crippen LogP contribution in [0.5, 0.6) is 0 Å². The quantitative estimate of drug-likeness (QED) is 0.704. The Kier molecular flexibility index (Phi) is 2.64. The molecule has 6 nitrogen and oxygen atoms in total. The molecule has 6 heteroatoms. The lowest BCUT2D eigenvalue weighted by Gasteiger charge is -2.08. The highest BCUT2D eigenvalue weighted by Gasteiger charge is 2.21. The summed E-state index contributed by atoms with van der Waals surface area (Å²) < 4.78 is 6.24. The van der Waals surface area contributed by atoms with Crippen LogP contribution in [0.3, 0.4) is 0 Å². The number of rotatable bonds is 2. The van der Waals surface area contributed by atoms with Crippen LogP contribution in [0.25, 0.3) is 0 Å². The molecule has 1 N–H and O–H groups in total. The van der Waals surface area contributed by atoms with Gasteiger partial charge in [0.1, 0.15) is 5.82 Å². The van der Waals surface area contributed by atoms with Crippen molar-refractivity contribution in [3.05, 3.63) is 27.4 Å². The van der Waals surface area contributed by atoms with Gasteiger partial charge in [0.25, 0.3) is 5.56 Å². The van der Waals surface area contributed by atoms with Gasteiger partial charge in [-0.2, -0.15) is 0 Å². The molecule has 0 radical (unpaired) electrons. The van der Waals surface area contributed by atoms with Gasteiger partial charge in [0, 0.05) is 18.5 Å². The smallest absolute Gasteiger partial charge is 0.357 e. The maximum absolute atomic E-state index is 11.8. The number of nitrogens with zero attached hydrogens (tertiary/aromatic N) is 2. The number of fused-ring (bicyclic) bond motifs is 1. The largest absolute Gasteiger partial charge is 0.461 e. The SMILES string of the molecule is CCOC(=O)c1nc2n(c(=O)c1C)NCC2. The van der Waals surface area contributed by atoms with E-state index in [2.05, 4.69) is 10.4 Å². The molecule has 1 aliphatic rings. The Balaban J connectivity index is 2.52. The predicted octanol–water partition coefficient (Wildman–Crippen LogP) is -0.172. The van der Waals surface area contributed by atoms with E-state index in [-0.39, 0.29) is 17.9 Å². The summed E-state index contributed by atoms with van der Waals surface area (Å²) in [7, 11) is 0. The third kappa shape index (κ3) is 1.56. The number of carbonyl (C=O) groups is 1.